The zero-order valence-electron chi connectivity index (χ0n) is 19.2. The second-order valence-electron chi connectivity index (χ2n) is 8.51. The molecule has 2 amide bonds. The van der Waals surface area contributed by atoms with Gasteiger partial charge in [0, 0.05) is 17.8 Å². The molecule has 0 heterocycles. The van der Waals surface area contributed by atoms with E-state index in [4.69, 9.17) is 4.74 Å². The van der Waals surface area contributed by atoms with E-state index in [0.29, 0.717) is 18.7 Å². The van der Waals surface area contributed by atoms with Gasteiger partial charge in [-0.15, -0.1) is 11.8 Å². The fraction of sp³-hybridized carbons (Fsp3) is 0.440. The number of carbonyl (C=O) groups excluding carboxylic acids is 2. The van der Waals surface area contributed by atoms with Crippen molar-refractivity contribution in [2.24, 2.45) is 0 Å². The molecule has 0 saturated heterocycles. The molecule has 0 unspecified atom stereocenters. The number of methoxy groups -OCH3 is 1. The van der Waals surface area contributed by atoms with Crippen LogP contribution in [0.3, 0.4) is 0 Å². The van der Waals surface area contributed by atoms with Crippen molar-refractivity contribution in [2.45, 2.75) is 58.0 Å². The molecule has 0 spiro atoms. The van der Waals surface area contributed by atoms with Gasteiger partial charge in [-0.25, -0.2) is 0 Å². The fourth-order valence-electron chi connectivity index (χ4n) is 3.21. The molecule has 1 N–H and O–H groups in total. The molecular weight excluding hydrogens is 408 g/mol. The summed E-state index contributed by atoms with van der Waals surface area (Å²) in [4.78, 5) is 27.9. The van der Waals surface area contributed by atoms with E-state index < -0.39 is 6.04 Å². The normalized spacial score (nSPS) is 12.2. The number of thioether (sulfide) groups is 1. The lowest BCUT2D eigenvalue weighted by atomic mass is 10.1. The summed E-state index contributed by atoms with van der Waals surface area (Å²) in [5.74, 6) is 1.69. The van der Waals surface area contributed by atoms with E-state index in [2.05, 4.69) is 17.4 Å². The molecule has 2 rings (SSSR count). The Balaban J connectivity index is 2.15. The van der Waals surface area contributed by atoms with Crippen molar-refractivity contribution in [1.29, 1.82) is 0 Å². The van der Waals surface area contributed by atoms with Crippen LogP contribution in [-0.4, -0.2) is 41.2 Å². The van der Waals surface area contributed by atoms with E-state index in [0.717, 1.165) is 17.1 Å². The van der Waals surface area contributed by atoms with Gasteiger partial charge in [0.15, 0.2) is 0 Å². The summed E-state index contributed by atoms with van der Waals surface area (Å²) >= 11 is 1.57. The van der Waals surface area contributed by atoms with Crippen molar-refractivity contribution in [3.8, 4) is 5.75 Å². The average Bonchev–Trinajstić information content (AvgIpc) is 2.73. The van der Waals surface area contributed by atoms with Gasteiger partial charge in [0.1, 0.15) is 11.8 Å². The first-order valence-corrected chi connectivity index (χ1v) is 11.7. The Morgan fingerprint density at radius 1 is 1.03 bits per heavy atom. The predicted molar refractivity (Wildman–Crippen MR) is 128 cm³/mol. The van der Waals surface area contributed by atoms with Crippen molar-refractivity contribution in [3.05, 3.63) is 65.7 Å². The van der Waals surface area contributed by atoms with Gasteiger partial charge in [0.25, 0.3) is 0 Å². The third kappa shape index (κ3) is 8.29. The number of carbonyl (C=O) groups is 2. The van der Waals surface area contributed by atoms with Gasteiger partial charge in [-0.1, -0.05) is 49.4 Å². The highest BCUT2D eigenvalue weighted by Gasteiger charge is 2.30. The van der Waals surface area contributed by atoms with Crippen molar-refractivity contribution in [2.75, 3.05) is 12.9 Å². The minimum atomic E-state index is -0.522. The van der Waals surface area contributed by atoms with Gasteiger partial charge < -0.3 is 15.0 Å². The Labute approximate surface area is 190 Å². The average molecular weight is 443 g/mol. The van der Waals surface area contributed by atoms with Crippen LogP contribution in [0.1, 0.15) is 45.2 Å². The standard InChI is InChI=1S/C25H34N2O3S/c1-6-22(24(29)26-25(2,3)4)27(16-19-12-14-21(30-5)15-13-19)23(28)18-31-17-20-10-8-7-9-11-20/h7-15,22H,6,16-18H2,1-5H3,(H,26,29)/t22-/m1/s1. The molecule has 2 aromatic carbocycles. The minimum absolute atomic E-state index is 0.0346. The summed E-state index contributed by atoms with van der Waals surface area (Å²) < 4.78 is 5.23. The summed E-state index contributed by atoms with van der Waals surface area (Å²) in [6.07, 6.45) is 0.549. The Kier molecular flexibility index (Phi) is 9.44. The summed E-state index contributed by atoms with van der Waals surface area (Å²) in [5.41, 5.74) is 1.78. The van der Waals surface area contributed by atoms with E-state index >= 15 is 0 Å². The molecular formula is C25H34N2O3S. The molecule has 168 valence electrons. The molecule has 0 aliphatic carbocycles. The first-order valence-electron chi connectivity index (χ1n) is 10.6. The lowest BCUT2D eigenvalue weighted by Gasteiger charge is -2.33. The predicted octanol–water partition coefficient (Wildman–Crippen LogP) is 4.65. The van der Waals surface area contributed by atoms with E-state index in [1.165, 1.54) is 5.56 Å². The number of ether oxygens (including phenoxy) is 1. The number of nitrogens with one attached hydrogen (secondary N) is 1. The zero-order valence-corrected chi connectivity index (χ0v) is 20.0. The molecule has 31 heavy (non-hydrogen) atoms. The smallest absolute Gasteiger partial charge is 0.243 e. The van der Waals surface area contributed by atoms with Crippen LogP contribution < -0.4 is 10.1 Å². The van der Waals surface area contributed by atoms with E-state index in [-0.39, 0.29) is 17.4 Å². The number of nitrogens with zero attached hydrogens (tertiary/aromatic N) is 1. The van der Waals surface area contributed by atoms with Gasteiger partial charge in [-0.2, -0.15) is 0 Å². The van der Waals surface area contributed by atoms with Gasteiger partial charge in [-0.3, -0.25) is 9.59 Å². The van der Waals surface area contributed by atoms with Crippen LogP contribution in [0, 0.1) is 0 Å². The van der Waals surface area contributed by atoms with Crippen LogP contribution in [0.2, 0.25) is 0 Å². The third-order valence-electron chi connectivity index (χ3n) is 4.73. The minimum Gasteiger partial charge on any atom is -0.497 e. The summed E-state index contributed by atoms with van der Waals surface area (Å²) in [5, 5.41) is 3.03. The topological polar surface area (TPSA) is 58.6 Å². The second-order valence-corrected chi connectivity index (χ2v) is 9.50. The van der Waals surface area contributed by atoms with E-state index in [1.807, 2.05) is 70.2 Å². The molecule has 1 atom stereocenters. The summed E-state index contributed by atoms with van der Waals surface area (Å²) in [7, 11) is 1.62. The van der Waals surface area contributed by atoms with Crippen LogP contribution in [0.25, 0.3) is 0 Å². The van der Waals surface area contributed by atoms with Crippen LogP contribution in [0.15, 0.2) is 54.6 Å². The monoisotopic (exact) mass is 442 g/mol. The maximum Gasteiger partial charge on any atom is 0.243 e. The van der Waals surface area contributed by atoms with Crippen molar-refractivity contribution in [1.82, 2.24) is 10.2 Å². The zero-order chi connectivity index (χ0) is 22.9. The Hall–Kier alpha value is -2.47. The molecule has 0 aliphatic heterocycles. The molecule has 0 radical (unpaired) electrons. The lowest BCUT2D eigenvalue weighted by Crippen LogP contribution is -2.53. The highest BCUT2D eigenvalue weighted by Crippen LogP contribution is 2.19. The van der Waals surface area contributed by atoms with Crippen LogP contribution in [0.5, 0.6) is 5.75 Å². The highest BCUT2D eigenvalue weighted by molar-refractivity contribution is 7.99. The molecule has 0 saturated carbocycles. The Bertz CT molecular complexity index is 832. The van der Waals surface area contributed by atoms with Crippen LogP contribution in [-0.2, 0) is 21.9 Å². The van der Waals surface area contributed by atoms with Gasteiger partial charge in [-0.05, 0) is 50.5 Å². The molecule has 6 heteroatoms. The highest BCUT2D eigenvalue weighted by atomic mass is 32.2. The van der Waals surface area contributed by atoms with Gasteiger partial charge in [0.2, 0.25) is 11.8 Å². The Morgan fingerprint density at radius 3 is 2.23 bits per heavy atom. The first kappa shape index (κ1) is 24.8. The second kappa shape index (κ2) is 11.8. The molecule has 0 bridgehead atoms. The number of amides is 2. The van der Waals surface area contributed by atoms with Crippen LogP contribution in [0.4, 0.5) is 0 Å². The maximum absolute atomic E-state index is 13.2. The molecule has 2 aromatic rings. The van der Waals surface area contributed by atoms with Crippen LogP contribution >= 0.6 is 11.8 Å². The lowest BCUT2D eigenvalue weighted by molar-refractivity contribution is -0.140. The van der Waals surface area contributed by atoms with Crippen molar-refractivity contribution < 1.29 is 14.3 Å². The number of rotatable bonds is 10. The number of hydrogen-bond acceptors (Lipinski definition) is 4. The molecule has 0 aliphatic rings. The SMILES string of the molecule is CC[C@H](C(=O)NC(C)(C)C)N(Cc1ccc(OC)cc1)C(=O)CSCc1ccccc1. The number of hydrogen-bond donors (Lipinski definition) is 1. The van der Waals surface area contributed by atoms with Crippen molar-refractivity contribution in [3.63, 3.8) is 0 Å². The Morgan fingerprint density at radius 2 is 1.68 bits per heavy atom. The van der Waals surface area contributed by atoms with Crippen molar-refractivity contribution >= 4 is 23.6 Å². The van der Waals surface area contributed by atoms with E-state index in [9.17, 15) is 9.59 Å². The van der Waals surface area contributed by atoms with Gasteiger partial charge >= 0.3 is 0 Å². The maximum atomic E-state index is 13.2. The molecule has 0 fully saturated rings. The quantitative estimate of drug-likeness (QED) is 0.582. The van der Waals surface area contributed by atoms with E-state index in [1.54, 1.807) is 23.8 Å². The summed E-state index contributed by atoms with van der Waals surface area (Å²) in [6.45, 7) is 8.16. The molecule has 5 nitrogen and oxygen atoms in total. The fourth-order valence-corrected chi connectivity index (χ4v) is 4.08. The third-order valence-corrected chi connectivity index (χ3v) is 5.72. The summed E-state index contributed by atoms with van der Waals surface area (Å²) in [6, 6.07) is 17.2. The number of benzene rings is 2. The largest absolute Gasteiger partial charge is 0.497 e. The molecule has 0 aromatic heterocycles. The first-order chi connectivity index (χ1) is 14.7. The van der Waals surface area contributed by atoms with Gasteiger partial charge in [0.05, 0.1) is 12.9 Å².